The largest absolute Gasteiger partial charge is 0.451 e. The molecule has 1 heterocycles. The van der Waals surface area contributed by atoms with Crippen molar-refractivity contribution in [3.8, 4) is 0 Å². The molecule has 0 bridgehead atoms. The van der Waals surface area contributed by atoms with Gasteiger partial charge in [0.15, 0.2) is 6.61 Å². The van der Waals surface area contributed by atoms with Crippen molar-refractivity contribution in [1.29, 1.82) is 0 Å². The summed E-state index contributed by atoms with van der Waals surface area (Å²) in [5.74, 6) is -1.25. The third-order valence-electron chi connectivity index (χ3n) is 3.32. The number of ether oxygens (including phenoxy) is 1. The number of halogens is 4. The van der Waals surface area contributed by atoms with Crippen LogP contribution in [-0.2, 0) is 9.53 Å². The number of fused-ring (bicyclic) bond motifs is 1. The van der Waals surface area contributed by atoms with Gasteiger partial charge in [0.2, 0.25) is 0 Å². The summed E-state index contributed by atoms with van der Waals surface area (Å²) in [6.07, 6.45) is 0. The van der Waals surface area contributed by atoms with Crippen LogP contribution in [0.3, 0.4) is 0 Å². The number of benzene rings is 2. The summed E-state index contributed by atoms with van der Waals surface area (Å²) in [5, 5.41) is 4.40. The van der Waals surface area contributed by atoms with Crippen LogP contribution in [-0.4, -0.2) is 18.5 Å². The van der Waals surface area contributed by atoms with Crippen LogP contribution in [0.5, 0.6) is 0 Å². The molecule has 0 aliphatic rings. The monoisotopic (exact) mass is 447 g/mol. The number of rotatable bonds is 4. The molecular formula is C17H9Cl4NO3S. The van der Waals surface area contributed by atoms with Crippen LogP contribution in [0.4, 0.5) is 5.69 Å². The van der Waals surface area contributed by atoms with E-state index in [-0.39, 0.29) is 9.90 Å². The number of anilines is 1. The van der Waals surface area contributed by atoms with Crippen LogP contribution >= 0.6 is 57.7 Å². The van der Waals surface area contributed by atoms with Crippen LogP contribution < -0.4 is 5.32 Å². The van der Waals surface area contributed by atoms with E-state index in [1.54, 1.807) is 30.3 Å². The molecule has 0 saturated carbocycles. The number of esters is 1. The van der Waals surface area contributed by atoms with Gasteiger partial charge in [0, 0.05) is 15.1 Å². The van der Waals surface area contributed by atoms with E-state index in [1.165, 1.54) is 6.07 Å². The first-order valence-electron chi connectivity index (χ1n) is 7.15. The molecule has 0 spiro atoms. The zero-order chi connectivity index (χ0) is 18.8. The molecule has 0 saturated heterocycles. The molecule has 2 aromatic carbocycles. The first kappa shape index (κ1) is 19.3. The van der Waals surface area contributed by atoms with Gasteiger partial charge < -0.3 is 10.1 Å². The van der Waals surface area contributed by atoms with Crippen molar-refractivity contribution in [2.45, 2.75) is 0 Å². The van der Waals surface area contributed by atoms with Gasteiger partial charge in [-0.15, -0.1) is 11.3 Å². The molecule has 1 aromatic heterocycles. The molecule has 26 heavy (non-hydrogen) atoms. The van der Waals surface area contributed by atoms with Crippen LogP contribution in [0.15, 0.2) is 36.4 Å². The zero-order valence-corrected chi connectivity index (χ0v) is 16.7. The lowest BCUT2D eigenvalue weighted by atomic mass is 10.2. The molecule has 3 rings (SSSR count). The molecule has 4 nitrogen and oxygen atoms in total. The third-order valence-corrected chi connectivity index (χ3v) is 5.77. The number of hydrogen-bond donors (Lipinski definition) is 1. The number of amides is 1. The zero-order valence-electron chi connectivity index (χ0n) is 12.8. The molecule has 0 fully saturated rings. The summed E-state index contributed by atoms with van der Waals surface area (Å²) in [6, 6.07) is 9.92. The van der Waals surface area contributed by atoms with Crippen molar-refractivity contribution < 1.29 is 14.3 Å². The fourth-order valence-corrected chi connectivity index (χ4v) is 4.63. The minimum atomic E-state index is -0.724. The highest BCUT2D eigenvalue weighted by Gasteiger charge is 2.21. The molecule has 0 radical (unpaired) electrons. The standard InChI is InChI=1S/C17H9Cl4NO3S/c18-8-5-10(20)14-12(6-8)26-16(15(14)21)17(24)25-7-13(23)22-11-4-2-1-3-9(11)19/h1-6H,7H2,(H,22,23). The molecule has 1 N–H and O–H groups in total. The molecule has 134 valence electrons. The molecule has 0 unspecified atom stereocenters. The number of thiophene rings is 1. The van der Waals surface area contributed by atoms with Gasteiger partial charge in [-0.1, -0.05) is 58.5 Å². The van der Waals surface area contributed by atoms with Gasteiger partial charge in [-0.3, -0.25) is 4.79 Å². The maximum atomic E-state index is 12.3. The SMILES string of the molecule is O=C(COC(=O)c1sc2cc(Cl)cc(Cl)c2c1Cl)Nc1ccccc1Cl. The van der Waals surface area contributed by atoms with E-state index in [0.29, 0.717) is 30.8 Å². The minimum absolute atomic E-state index is 0.149. The van der Waals surface area contributed by atoms with Gasteiger partial charge in [0.05, 0.1) is 20.8 Å². The maximum absolute atomic E-state index is 12.3. The number of carbonyl (C=O) groups excluding carboxylic acids is 2. The highest BCUT2D eigenvalue weighted by molar-refractivity contribution is 7.21. The Hall–Kier alpha value is -1.50. The van der Waals surface area contributed by atoms with E-state index in [4.69, 9.17) is 51.1 Å². The van der Waals surface area contributed by atoms with Crippen LogP contribution in [0.1, 0.15) is 9.67 Å². The van der Waals surface area contributed by atoms with Gasteiger partial charge >= 0.3 is 5.97 Å². The van der Waals surface area contributed by atoms with E-state index in [2.05, 4.69) is 5.32 Å². The second-order valence-electron chi connectivity index (χ2n) is 5.11. The average molecular weight is 449 g/mol. The Morgan fingerprint density at radius 1 is 1.04 bits per heavy atom. The lowest BCUT2D eigenvalue weighted by Gasteiger charge is -2.07. The Labute approximate surface area is 172 Å². The highest BCUT2D eigenvalue weighted by atomic mass is 35.5. The summed E-state index contributed by atoms with van der Waals surface area (Å²) in [6.45, 7) is -0.483. The number of nitrogens with one attached hydrogen (secondary N) is 1. The van der Waals surface area contributed by atoms with E-state index >= 15 is 0 Å². The first-order chi connectivity index (χ1) is 12.4. The Kier molecular flexibility index (Phi) is 5.95. The third kappa shape index (κ3) is 4.08. The Morgan fingerprint density at radius 2 is 1.77 bits per heavy atom. The summed E-state index contributed by atoms with van der Waals surface area (Å²) in [7, 11) is 0. The van der Waals surface area contributed by atoms with Gasteiger partial charge in [-0.25, -0.2) is 4.79 Å². The van der Waals surface area contributed by atoms with E-state index in [0.717, 1.165) is 11.3 Å². The number of carbonyl (C=O) groups is 2. The van der Waals surface area contributed by atoms with Crippen molar-refractivity contribution in [2.75, 3.05) is 11.9 Å². The van der Waals surface area contributed by atoms with Gasteiger partial charge in [-0.05, 0) is 24.3 Å². The second-order valence-corrected chi connectivity index (χ2v) is 7.79. The summed E-state index contributed by atoms with van der Waals surface area (Å²) < 4.78 is 5.69. The van der Waals surface area contributed by atoms with Crippen molar-refractivity contribution in [1.82, 2.24) is 0 Å². The minimum Gasteiger partial charge on any atom is -0.451 e. The highest BCUT2D eigenvalue weighted by Crippen LogP contribution is 2.41. The molecule has 0 aliphatic carbocycles. The van der Waals surface area contributed by atoms with Gasteiger partial charge in [0.25, 0.3) is 5.91 Å². The van der Waals surface area contributed by atoms with Crippen molar-refractivity contribution >= 4 is 85.4 Å². The lowest BCUT2D eigenvalue weighted by molar-refractivity contribution is -0.119. The normalized spacial score (nSPS) is 10.8. The molecule has 0 aliphatic heterocycles. The lowest BCUT2D eigenvalue weighted by Crippen LogP contribution is -2.20. The second kappa shape index (κ2) is 8.03. The maximum Gasteiger partial charge on any atom is 0.350 e. The quantitative estimate of drug-likeness (QED) is 0.475. The van der Waals surface area contributed by atoms with Gasteiger partial charge in [-0.2, -0.15) is 0 Å². The van der Waals surface area contributed by atoms with Gasteiger partial charge in [0.1, 0.15) is 4.88 Å². The fourth-order valence-electron chi connectivity index (χ4n) is 2.19. The van der Waals surface area contributed by atoms with Crippen molar-refractivity contribution in [3.63, 3.8) is 0 Å². The Balaban J connectivity index is 1.71. The van der Waals surface area contributed by atoms with Crippen molar-refractivity contribution in [2.24, 2.45) is 0 Å². The first-order valence-corrected chi connectivity index (χ1v) is 9.48. The van der Waals surface area contributed by atoms with Crippen LogP contribution in [0.25, 0.3) is 10.1 Å². The average Bonchev–Trinajstić information content (AvgIpc) is 2.91. The van der Waals surface area contributed by atoms with Crippen LogP contribution in [0.2, 0.25) is 20.1 Å². The van der Waals surface area contributed by atoms with E-state index in [1.807, 2.05) is 0 Å². The fraction of sp³-hybridized carbons (Fsp3) is 0.0588. The smallest absolute Gasteiger partial charge is 0.350 e. The van der Waals surface area contributed by atoms with E-state index in [9.17, 15) is 9.59 Å². The Morgan fingerprint density at radius 3 is 2.50 bits per heavy atom. The number of para-hydroxylation sites is 1. The molecule has 9 heteroatoms. The van der Waals surface area contributed by atoms with Crippen molar-refractivity contribution in [3.05, 3.63) is 61.4 Å². The van der Waals surface area contributed by atoms with Crippen LogP contribution in [0, 0.1) is 0 Å². The molecule has 0 atom stereocenters. The molecule has 1 amide bonds. The predicted octanol–water partition coefficient (Wildman–Crippen LogP) is 6.31. The number of hydrogen-bond acceptors (Lipinski definition) is 4. The summed E-state index contributed by atoms with van der Waals surface area (Å²) >= 11 is 25.4. The topological polar surface area (TPSA) is 55.4 Å². The molecule has 3 aromatic rings. The Bertz CT molecular complexity index is 1020. The summed E-state index contributed by atoms with van der Waals surface area (Å²) in [5.41, 5.74) is 0.427. The summed E-state index contributed by atoms with van der Waals surface area (Å²) in [4.78, 5) is 24.4. The predicted molar refractivity (Wildman–Crippen MR) is 107 cm³/mol. The van der Waals surface area contributed by atoms with E-state index < -0.39 is 18.5 Å². The molecular weight excluding hydrogens is 440 g/mol.